The highest BCUT2D eigenvalue weighted by Gasteiger charge is 2.38. The molecule has 5 nitrogen and oxygen atoms in total. The van der Waals surface area contributed by atoms with Crippen LogP contribution in [0.1, 0.15) is 27.7 Å². The maximum absolute atomic E-state index is 13.5. The van der Waals surface area contributed by atoms with E-state index in [0.29, 0.717) is 22.5 Å². The van der Waals surface area contributed by atoms with Gasteiger partial charge in [-0.15, -0.1) is 13.2 Å². The number of carbonyl (C=O) groups is 1. The molecule has 1 aromatic heterocycles. The second-order valence-electron chi connectivity index (χ2n) is 7.39. The zero-order valence-electron chi connectivity index (χ0n) is 16.8. The van der Waals surface area contributed by atoms with Crippen LogP contribution in [0, 0.1) is 5.82 Å². The van der Waals surface area contributed by atoms with E-state index < -0.39 is 24.1 Å². The van der Waals surface area contributed by atoms with E-state index in [0.717, 1.165) is 5.56 Å². The van der Waals surface area contributed by atoms with Crippen LogP contribution in [0.2, 0.25) is 0 Å². The monoisotopic (exact) mass is 453 g/mol. The Labute approximate surface area is 185 Å². The van der Waals surface area contributed by atoms with E-state index in [-0.39, 0.29) is 11.4 Å². The van der Waals surface area contributed by atoms with Gasteiger partial charge in [-0.2, -0.15) is 5.10 Å². The summed E-state index contributed by atoms with van der Waals surface area (Å²) in [5.41, 5.74) is 3.28. The van der Waals surface area contributed by atoms with Gasteiger partial charge in [0, 0.05) is 11.1 Å². The summed E-state index contributed by atoms with van der Waals surface area (Å²) in [6.45, 7) is 0. The third-order valence-corrected chi connectivity index (χ3v) is 5.27. The van der Waals surface area contributed by atoms with Crippen molar-refractivity contribution in [1.29, 1.82) is 0 Å². The molecule has 0 fully saturated rings. The first kappa shape index (κ1) is 20.7. The Bertz CT molecular complexity index is 1320. The lowest BCUT2D eigenvalue weighted by Gasteiger charge is -2.16. The number of halogens is 4. The molecule has 9 heteroatoms. The molecule has 1 aliphatic rings. The number of hydrogen-bond acceptors (Lipinski definition) is 3. The van der Waals surface area contributed by atoms with E-state index >= 15 is 0 Å². The third kappa shape index (κ3) is 3.93. The molecule has 0 radical (unpaired) electrons. The fraction of sp³-hybridized carbons (Fsp3) is 0.0833. The van der Waals surface area contributed by atoms with E-state index in [9.17, 15) is 22.4 Å². The zero-order valence-corrected chi connectivity index (χ0v) is 16.8. The molecule has 0 bridgehead atoms. The van der Waals surface area contributed by atoms with Crippen molar-refractivity contribution in [3.8, 4) is 22.7 Å². The van der Waals surface area contributed by atoms with Crippen LogP contribution in [0.15, 0.2) is 78.9 Å². The van der Waals surface area contributed by atoms with E-state index in [1.165, 1.54) is 41.1 Å². The fourth-order valence-electron chi connectivity index (χ4n) is 3.90. The van der Waals surface area contributed by atoms with Gasteiger partial charge in [-0.1, -0.05) is 42.5 Å². The molecular weight excluding hydrogens is 438 g/mol. The molecular formula is C24H15F4N3O2. The Hall–Kier alpha value is -4.14. The molecule has 1 amide bonds. The Balaban J connectivity index is 1.66. The van der Waals surface area contributed by atoms with Crippen LogP contribution < -0.4 is 10.1 Å². The molecule has 0 spiro atoms. The first-order chi connectivity index (χ1) is 15.8. The highest BCUT2D eigenvalue weighted by atomic mass is 19.4. The number of nitrogens with one attached hydrogen (secondary N) is 1. The lowest BCUT2D eigenvalue weighted by molar-refractivity contribution is -0.274. The van der Waals surface area contributed by atoms with Crippen molar-refractivity contribution in [2.45, 2.75) is 12.4 Å². The van der Waals surface area contributed by atoms with E-state index in [1.54, 1.807) is 12.1 Å². The number of carbonyl (C=O) groups excluding carboxylic acids is 1. The maximum atomic E-state index is 13.5. The van der Waals surface area contributed by atoms with Gasteiger partial charge in [0.25, 0.3) is 5.91 Å². The molecule has 1 unspecified atom stereocenters. The summed E-state index contributed by atoms with van der Waals surface area (Å²) >= 11 is 0. The average molecular weight is 453 g/mol. The molecule has 166 valence electrons. The molecule has 1 atom stereocenters. The molecule has 0 aliphatic carbocycles. The molecule has 4 aromatic rings. The van der Waals surface area contributed by atoms with Gasteiger partial charge in [0.1, 0.15) is 11.6 Å². The Kier molecular flexibility index (Phi) is 4.88. The number of benzene rings is 3. The number of amides is 1. The SMILES string of the molecule is O=C1NC(c2ccc(F)cc2)c2c1nn(-c1ccc(OC(F)(F)F)cc1)c2-c1ccccc1. The summed E-state index contributed by atoms with van der Waals surface area (Å²) in [5, 5.41) is 7.36. The van der Waals surface area contributed by atoms with Gasteiger partial charge in [-0.25, -0.2) is 9.07 Å². The zero-order chi connectivity index (χ0) is 23.2. The van der Waals surface area contributed by atoms with Crippen LogP contribution in [0.25, 0.3) is 16.9 Å². The topological polar surface area (TPSA) is 56.2 Å². The molecule has 0 saturated carbocycles. The van der Waals surface area contributed by atoms with E-state index in [4.69, 9.17) is 0 Å². The maximum Gasteiger partial charge on any atom is 0.573 e. The number of fused-ring (bicyclic) bond motifs is 1. The van der Waals surface area contributed by atoms with Crippen LogP contribution >= 0.6 is 0 Å². The smallest absolute Gasteiger partial charge is 0.406 e. The summed E-state index contributed by atoms with van der Waals surface area (Å²) in [6.07, 6.45) is -4.80. The second kappa shape index (κ2) is 7.77. The van der Waals surface area contributed by atoms with Crippen molar-refractivity contribution in [3.63, 3.8) is 0 Å². The van der Waals surface area contributed by atoms with Gasteiger partial charge in [-0.05, 0) is 42.0 Å². The van der Waals surface area contributed by atoms with Gasteiger partial charge >= 0.3 is 6.36 Å². The van der Waals surface area contributed by atoms with Crippen LogP contribution in [0.3, 0.4) is 0 Å². The minimum atomic E-state index is -4.80. The summed E-state index contributed by atoms with van der Waals surface area (Å²) in [5.74, 6) is -1.16. The molecule has 5 rings (SSSR count). The first-order valence-electron chi connectivity index (χ1n) is 9.91. The van der Waals surface area contributed by atoms with Crippen molar-refractivity contribution >= 4 is 5.91 Å². The van der Waals surface area contributed by atoms with Crippen LogP contribution in [0.5, 0.6) is 5.75 Å². The lowest BCUT2D eigenvalue weighted by atomic mass is 9.96. The van der Waals surface area contributed by atoms with Gasteiger partial charge in [0.15, 0.2) is 5.69 Å². The number of rotatable bonds is 4. The summed E-state index contributed by atoms with van der Waals surface area (Å²) in [6, 6.07) is 19.7. The molecule has 1 aliphatic heterocycles. The predicted octanol–water partition coefficient (Wildman–Crippen LogP) is 5.41. The summed E-state index contributed by atoms with van der Waals surface area (Å²) < 4.78 is 56.5. The predicted molar refractivity (Wildman–Crippen MR) is 111 cm³/mol. The second-order valence-corrected chi connectivity index (χ2v) is 7.39. The van der Waals surface area contributed by atoms with Crippen LogP contribution in [-0.2, 0) is 0 Å². The number of nitrogens with zero attached hydrogens (tertiary/aromatic N) is 2. The van der Waals surface area contributed by atoms with E-state index in [1.807, 2.05) is 30.3 Å². The lowest BCUT2D eigenvalue weighted by Crippen LogP contribution is -2.22. The first-order valence-corrected chi connectivity index (χ1v) is 9.91. The molecule has 33 heavy (non-hydrogen) atoms. The van der Waals surface area contributed by atoms with Crippen LogP contribution in [-0.4, -0.2) is 22.1 Å². The molecule has 3 aromatic carbocycles. The number of hydrogen-bond donors (Lipinski definition) is 1. The highest BCUT2D eigenvalue weighted by Crippen LogP contribution is 2.40. The molecule has 1 N–H and O–H groups in total. The summed E-state index contributed by atoms with van der Waals surface area (Å²) in [4.78, 5) is 12.7. The van der Waals surface area contributed by atoms with Gasteiger partial charge < -0.3 is 10.1 Å². The van der Waals surface area contributed by atoms with Crippen molar-refractivity contribution in [3.05, 3.63) is 102 Å². The van der Waals surface area contributed by atoms with Gasteiger partial charge in [-0.3, -0.25) is 4.79 Å². The Morgan fingerprint density at radius 3 is 2.21 bits per heavy atom. The molecule has 0 saturated heterocycles. The largest absolute Gasteiger partial charge is 0.573 e. The average Bonchev–Trinajstić information content (AvgIpc) is 3.32. The van der Waals surface area contributed by atoms with Crippen molar-refractivity contribution in [2.75, 3.05) is 0 Å². The van der Waals surface area contributed by atoms with Crippen molar-refractivity contribution < 1.29 is 27.1 Å². The van der Waals surface area contributed by atoms with Gasteiger partial charge in [0.2, 0.25) is 0 Å². The minimum absolute atomic E-state index is 0.193. The number of alkyl halides is 3. The molecule has 2 heterocycles. The third-order valence-electron chi connectivity index (χ3n) is 5.27. The van der Waals surface area contributed by atoms with Crippen LogP contribution in [0.4, 0.5) is 17.6 Å². The summed E-state index contributed by atoms with van der Waals surface area (Å²) in [7, 11) is 0. The van der Waals surface area contributed by atoms with Crippen molar-refractivity contribution in [1.82, 2.24) is 15.1 Å². The standard InChI is InChI=1S/C24H15F4N3O2/c25-16-8-6-14(7-9-16)20-19-21(23(32)29-20)30-31(22(19)15-4-2-1-3-5-15)17-10-12-18(13-11-17)33-24(26,27)28/h1-13,20H,(H,29,32). The minimum Gasteiger partial charge on any atom is -0.406 e. The fourth-order valence-corrected chi connectivity index (χ4v) is 3.90. The van der Waals surface area contributed by atoms with Gasteiger partial charge in [0.05, 0.1) is 17.4 Å². The van der Waals surface area contributed by atoms with Crippen molar-refractivity contribution in [2.24, 2.45) is 0 Å². The number of ether oxygens (including phenoxy) is 1. The van der Waals surface area contributed by atoms with E-state index in [2.05, 4.69) is 15.2 Å². The number of aromatic nitrogens is 2. The Morgan fingerprint density at radius 2 is 1.58 bits per heavy atom. The Morgan fingerprint density at radius 1 is 0.909 bits per heavy atom. The highest BCUT2D eigenvalue weighted by molar-refractivity contribution is 6.00. The normalized spacial score (nSPS) is 15.3. The quantitative estimate of drug-likeness (QED) is 0.421.